The Morgan fingerprint density at radius 1 is 0.905 bits per heavy atom. The number of aliphatic imine (C=N–C) groups is 1. The maximum absolute atomic E-state index is 5.11. The van der Waals surface area contributed by atoms with E-state index in [0.717, 1.165) is 6.42 Å². The summed E-state index contributed by atoms with van der Waals surface area (Å²) in [7, 11) is 0. The number of hydrogen-bond donors (Lipinski definition) is 0. The Morgan fingerprint density at radius 3 is 2.67 bits per heavy atom. The minimum Gasteiger partial charge on any atom is -0.285 e. The van der Waals surface area contributed by atoms with Crippen molar-refractivity contribution in [3.05, 3.63) is 53.6 Å². The van der Waals surface area contributed by atoms with Crippen LogP contribution in [-0.4, -0.2) is 11.8 Å². The van der Waals surface area contributed by atoms with Gasteiger partial charge in [-0.1, -0.05) is 67.8 Å². The van der Waals surface area contributed by atoms with Crippen molar-refractivity contribution in [3.63, 3.8) is 0 Å². The average Bonchev–Trinajstić information content (AvgIpc) is 2.56. The molecule has 0 saturated heterocycles. The quantitative estimate of drug-likeness (QED) is 0.662. The lowest BCUT2D eigenvalue weighted by Gasteiger charge is -2.21. The molecule has 0 amide bonds. The SMILES string of the molecule is C1=Cc2c(ccc3ccccc23)C(=NC2CCCCC2)C1. The van der Waals surface area contributed by atoms with Gasteiger partial charge in [0, 0.05) is 17.7 Å². The first-order valence-corrected chi connectivity index (χ1v) is 8.17. The van der Waals surface area contributed by atoms with Crippen LogP contribution < -0.4 is 0 Å². The van der Waals surface area contributed by atoms with Gasteiger partial charge in [-0.05, 0) is 29.2 Å². The Labute approximate surface area is 126 Å². The van der Waals surface area contributed by atoms with Crippen molar-refractivity contribution in [2.75, 3.05) is 0 Å². The highest BCUT2D eigenvalue weighted by molar-refractivity contribution is 6.11. The van der Waals surface area contributed by atoms with Crippen LogP contribution in [0.5, 0.6) is 0 Å². The van der Waals surface area contributed by atoms with Crippen LogP contribution in [0, 0.1) is 0 Å². The Bertz CT molecular complexity index is 718. The zero-order valence-corrected chi connectivity index (χ0v) is 12.4. The van der Waals surface area contributed by atoms with Crippen LogP contribution in [0.2, 0.25) is 0 Å². The van der Waals surface area contributed by atoms with Gasteiger partial charge in [-0.2, -0.15) is 0 Å². The summed E-state index contributed by atoms with van der Waals surface area (Å²) < 4.78 is 0. The lowest BCUT2D eigenvalue weighted by Crippen LogP contribution is -2.15. The first-order chi connectivity index (χ1) is 10.4. The molecule has 0 unspecified atom stereocenters. The molecule has 2 aromatic carbocycles. The molecular weight excluding hydrogens is 254 g/mol. The Morgan fingerprint density at radius 2 is 1.76 bits per heavy atom. The minimum absolute atomic E-state index is 0.555. The van der Waals surface area contributed by atoms with Crippen LogP contribution in [0.4, 0.5) is 0 Å². The molecule has 0 atom stereocenters. The number of nitrogens with zero attached hydrogens (tertiary/aromatic N) is 1. The van der Waals surface area contributed by atoms with Gasteiger partial charge in [-0.3, -0.25) is 4.99 Å². The average molecular weight is 275 g/mol. The summed E-state index contributed by atoms with van der Waals surface area (Å²) in [6.45, 7) is 0. The Balaban J connectivity index is 1.79. The maximum Gasteiger partial charge on any atom is 0.0503 e. The second-order valence-corrected chi connectivity index (χ2v) is 6.22. The fourth-order valence-electron chi connectivity index (χ4n) is 3.68. The highest BCUT2D eigenvalue weighted by Gasteiger charge is 2.17. The molecule has 4 rings (SSSR count). The summed E-state index contributed by atoms with van der Waals surface area (Å²) in [5.74, 6) is 0. The second-order valence-electron chi connectivity index (χ2n) is 6.22. The van der Waals surface area contributed by atoms with Gasteiger partial charge in [-0.25, -0.2) is 0 Å². The van der Waals surface area contributed by atoms with Crippen LogP contribution in [0.15, 0.2) is 47.5 Å². The van der Waals surface area contributed by atoms with Crippen LogP contribution in [0.25, 0.3) is 16.8 Å². The van der Waals surface area contributed by atoms with Gasteiger partial charge >= 0.3 is 0 Å². The molecular formula is C20H21N. The van der Waals surface area contributed by atoms with E-state index >= 15 is 0 Å². The predicted molar refractivity (Wildman–Crippen MR) is 91.0 cm³/mol. The normalized spacial score (nSPS) is 20.9. The zero-order valence-electron chi connectivity index (χ0n) is 12.4. The smallest absolute Gasteiger partial charge is 0.0503 e. The molecule has 1 heteroatoms. The van der Waals surface area contributed by atoms with E-state index in [1.54, 1.807) is 0 Å². The molecule has 1 nitrogen and oxygen atoms in total. The molecule has 0 heterocycles. The molecule has 0 aromatic heterocycles. The summed E-state index contributed by atoms with van der Waals surface area (Å²) >= 11 is 0. The first kappa shape index (κ1) is 12.8. The van der Waals surface area contributed by atoms with Crippen molar-refractivity contribution in [1.29, 1.82) is 0 Å². The molecule has 0 aliphatic heterocycles. The molecule has 1 saturated carbocycles. The van der Waals surface area contributed by atoms with E-state index in [1.807, 2.05) is 0 Å². The standard InChI is InChI=1S/C20H21N/c1-2-8-16(9-3-1)21-20-12-6-11-18-17-10-5-4-7-15(17)13-14-19(18)20/h4-7,10-11,13-14,16H,1-3,8-9,12H2. The number of hydrogen-bond acceptors (Lipinski definition) is 1. The third kappa shape index (κ3) is 2.42. The van der Waals surface area contributed by atoms with Gasteiger partial charge in [0.2, 0.25) is 0 Å². The van der Waals surface area contributed by atoms with Crippen LogP contribution >= 0.6 is 0 Å². The summed E-state index contributed by atoms with van der Waals surface area (Å²) in [4.78, 5) is 5.11. The summed E-state index contributed by atoms with van der Waals surface area (Å²) in [5.41, 5.74) is 4.00. The van der Waals surface area contributed by atoms with Crippen molar-refractivity contribution < 1.29 is 0 Å². The van der Waals surface area contributed by atoms with E-state index in [1.165, 1.54) is 59.7 Å². The van der Waals surface area contributed by atoms with Gasteiger partial charge in [0.15, 0.2) is 0 Å². The third-order valence-corrected chi connectivity index (χ3v) is 4.79. The monoisotopic (exact) mass is 275 g/mol. The lowest BCUT2D eigenvalue weighted by atomic mass is 9.90. The molecule has 0 radical (unpaired) electrons. The number of allylic oxidation sites excluding steroid dienone is 1. The van der Waals surface area contributed by atoms with E-state index in [2.05, 4.69) is 48.6 Å². The number of rotatable bonds is 1. The van der Waals surface area contributed by atoms with Crippen molar-refractivity contribution >= 4 is 22.6 Å². The van der Waals surface area contributed by atoms with E-state index < -0.39 is 0 Å². The van der Waals surface area contributed by atoms with E-state index in [4.69, 9.17) is 4.99 Å². The molecule has 106 valence electrons. The lowest BCUT2D eigenvalue weighted by molar-refractivity contribution is 0.443. The molecule has 2 aromatic rings. The van der Waals surface area contributed by atoms with Gasteiger partial charge < -0.3 is 0 Å². The van der Waals surface area contributed by atoms with Gasteiger partial charge in [-0.15, -0.1) is 0 Å². The van der Waals surface area contributed by atoms with Crippen LogP contribution in [0.1, 0.15) is 49.7 Å². The van der Waals surface area contributed by atoms with E-state index in [0.29, 0.717) is 6.04 Å². The molecule has 2 aliphatic carbocycles. The van der Waals surface area contributed by atoms with Crippen molar-refractivity contribution in [3.8, 4) is 0 Å². The molecule has 0 spiro atoms. The zero-order chi connectivity index (χ0) is 14.1. The predicted octanol–water partition coefficient (Wildman–Crippen LogP) is 5.38. The van der Waals surface area contributed by atoms with E-state index in [-0.39, 0.29) is 0 Å². The molecule has 0 N–H and O–H groups in total. The number of benzene rings is 2. The molecule has 1 fully saturated rings. The summed E-state index contributed by atoms with van der Waals surface area (Å²) in [5, 5.41) is 2.67. The van der Waals surface area contributed by atoms with Gasteiger partial charge in [0.1, 0.15) is 0 Å². The van der Waals surface area contributed by atoms with Crippen LogP contribution in [0.3, 0.4) is 0 Å². The van der Waals surface area contributed by atoms with Crippen molar-refractivity contribution in [2.24, 2.45) is 4.99 Å². The van der Waals surface area contributed by atoms with Gasteiger partial charge in [0.25, 0.3) is 0 Å². The minimum atomic E-state index is 0.555. The fourth-order valence-corrected chi connectivity index (χ4v) is 3.68. The first-order valence-electron chi connectivity index (χ1n) is 8.17. The fraction of sp³-hybridized carbons (Fsp3) is 0.350. The van der Waals surface area contributed by atoms with Gasteiger partial charge in [0.05, 0.1) is 6.04 Å². The molecule has 21 heavy (non-hydrogen) atoms. The Kier molecular flexibility index (Phi) is 3.34. The number of fused-ring (bicyclic) bond motifs is 3. The maximum atomic E-state index is 5.11. The Hall–Kier alpha value is -1.89. The largest absolute Gasteiger partial charge is 0.285 e. The highest BCUT2D eigenvalue weighted by Crippen LogP contribution is 2.29. The third-order valence-electron chi connectivity index (χ3n) is 4.79. The van der Waals surface area contributed by atoms with Crippen LogP contribution in [-0.2, 0) is 0 Å². The summed E-state index contributed by atoms with van der Waals surface area (Å²) in [6.07, 6.45) is 12.2. The second kappa shape index (κ2) is 5.48. The summed E-state index contributed by atoms with van der Waals surface area (Å²) in [6, 6.07) is 13.7. The van der Waals surface area contributed by atoms with Crippen molar-refractivity contribution in [1.82, 2.24) is 0 Å². The van der Waals surface area contributed by atoms with Crippen molar-refractivity contribution in [2.45, 2.75) is 44.6 Å². The highest BCUT2D eigenvalue weighted by atomic mass is 14.8. The molecule has 2 aliphatic rings. The van der Waals surface area contributed by atoms with E-state index in [9.17, 15) is 0 Å². The topological polar surface area (TPSA) is 12.4 Å². The molecule has 0 bridgehead atoms.